The van der Waals surface area contributed by atoms with Crippen LogP contribution in [0, 0.1) is 0 Å². The average Bonchev–Trinajstić information content (AvgIpc) is 2.37. The summed E-state index contributed by atoms with van der Waals surface area (Å²) >= 11 is 5.18. The van der Waals surface area contributed by atoms with Crippen molar-refractivity contribution in [2.75, 3.05) is 0 Å². The summed E-state index contributed by atoms with van der Waals surface area (Å²) in [5, 5.41) is 2.06. The normalized spacial score (nSPS) is 9.91. The van der Waals surface area contributed by atoms with Gasteiger partial charge in [-0.1, -0.05) is 0 Å². The van der Waals surface area contributed by atoms with E-state index in [1.54, 1.807) is 11.3 Å². The first-order valence-corrected chi connectivity index (χ1v) is 5.17. The highest BCUT2D eigenvalue weighted by molar-refractivity contribution is 9.10. The van der Waals surface area contributed by atoms with Crippen molar-refractivity contribution in [1.82, 2.24) is 0 Å². The summed E-state index contributed by atoms with van der Waals surface area (Å²) in [6, 6.07) is 2.04. The summed E-state index contributed by atoms with van der Waals surface area (Å²) < 4.78 is 1.17. The predicted molar refractivity (Wildman–Crippen MR) is 51.0 cm³/mol. The molecule has 0 aliphatic heterocycles. The van der Waals surface area contributed by atoms with Crippen LogP contribution in [0.1, 0.15) is 17.7 Å². The van der Waals surface area contributed by atoms with Gasteiger partial charge in [-0.05, 0) is 40.2 Å². The van der Waals surface area contributed by atoms with Crippen LogP contribution in [-0.2, 0) is 11.2 Å². The molecule has 1 nitrogen and oxygen atoms in total. The maximum atomic E-state index is 10.0. The monoisotopic (exact) mass is 232 g/mol. The van der Waals surface area contributed by atoms with Gasteiger partial charge >= 0.3 is 0 Å². The number of aldehydes is 1. The third kappa shape index (κ3) is 2.75. The number of thiophene rings is 1. The summed E-state index contributed by atoms with van der Waals surface area (Å²) in [5.74, 6) is 0. The van der Waals surface area contributed by atoms with Gasteiger partial charge in [0.2, 0.25) is 0 Å². The average molecular weight is 233 g/mol. The summed E-state index contributed by atoms with van der Waals surface area (Å²) in [5.41, 5.74) is 0. The van der Waals surface area contributed by atoms with E-state index in [0.717, 1.165) is 19.1 Å². The van der Waals surface area contributed by atoms with Gasteiger partial charge in [0.05, 0.1) is 0 Å². The first kappa shape index (κ1) is 8.94. The van der Waals surface area contributed by atoms with Gasteiger partial charge in [-0.25, -0.2) is 0 Å². The van der Waals surface area contributed by atoms with E-state index in [1.807, 2.05) is 6.07 Å². The van der Waals surface area contributed by atoms with Gasteiger partial charge in [-0.15, -0.1) is 11.3 Å². The number of hydrogen-bond donors (Lipinski definition) is 0. The highest BCUT2D eigenvalue weighted by atomic mass is 79.9. The Labute approximate surface area is 78.6 Å². The molecule has 0 unspecified atom stereocenters. The SMILES string of the molecule is O=CCCCc1sccc1Br. The van der Waals surface area contributed by atoms with Gasteiger partial charge in [0.15, 0.2) is 0 Å². The first-order chi connectivity index (χ1) is 5.34. The second kappa shape index (κ2) is 4.67. The molecule has 1 aromatic heterocycles. The molecule has 0 N–H and O–H groups in total. The zero-order valence-electron chi connectivity index (χ0n) is 6.05. The van der Waals surface area contributed by atoms with Gasteiger partial charge in [-0.2, -0.15) is 0 Å². The van der Waals surface area contributed by atoms with Crippen LogP contribution in [0.15, 0.2) is 15.9 Å². The molecule has 0 radical (unpaired) electrons. The lowest BCUT2D eigenvalue weighted by molar-refractivity contribution is -0.107. The molecular formula is C8H9BrOS. The lowest BCUT2D eigenvalue weighted by Crippen LogP contribution is -1.82. The standard InChI is InChI=1S/C8H9BrOS/c9-7-4-6-11-8(7)3-1-2-5-10/h4-6H,1-3H2. The number of carbonyl (C=O) groups excluding carboxylic acids is 1. The highest BCUT2D eigenvalue weighted by Crippen LogP contribution is 2.23. The number of rotatable bonds is 4. The second-order valence-corrected chi connectivity index (χ2v) is 4.11. The number of hydrogen-bond acceptors (Lipinski definition) is 2. The maximum absolute atomic E-state index is 10.0. The van der Waals surface area contributed by atoms with Gasteiger partial charge < -0.3 is 4.79 Å². The Morgan fingerprint density at radius 2 is 2.45 bits per heavy atom. The fourth-order valence-corrected chi connectivity index (χ4v) is 2.45. The largest absolute Gasteiger partial charge is 0.303 e. The van der Waals surface area contributed by atoms with Gasteiger partial charge in [-0.3, -0.25) is 0 Å². The van der Waals surface area contributed by atoms with Crippen LogP contribution in [0.5, 0.6) is 0 Å². The minimum Gasteiger partial charge on any atom is -0.303 e. The minimum absolute atomic E-state index is 0.671. The fourth-order valence-electron chi connectivity index (χ4n) is 0.849. The summed E-state index contributed by atoms with van der Waals surface area (Å²) in [6.45, 7) is 0. The van der Waals surface area contributed by atoms with Gasteiger partial charge in [0.1, 0.15) is 6.29 Å². The topological polar surface area (TPSA) is 17.1 Å². The molecule has 0 atom stereocenters. The van der Waals surface area contributed by atoms with Crippen molar-refractivity contribution in [1.29, 1.82) is 0 Å². The molecule has 1 rings (SSSR count). The Hall–Kier alpha value is -0.150. The van der Waals surface area contributed by atoms with Gasteiger partial charge in [0.25, 0.3) is 0 Å². The Balaban J connectivity index is 2.38. The summed E-state index contributed by atoms with van der Waals surface area (Å²) in [6.07, 6.45) is 3.62. The zero-order chi connectivity index (χ0) is 8.10. The number of unbranched alkanes of at least 4 members (excludes halogenated alkanes) is 1. The zero-order valence-corrected chi connectivity index (χ0v) is 8.45. The van der Waals surface area contributed by atoms with Crippen molar-refractivity contribution in [3.05, 3.63) is 20.8 Å². The lowest BCUT2D eigenvalue weighted by Gasteiger charge is -1.93. The van der Waals surface area contributed by atoms with Crippen LogP contribution in [0.25, 0.3) is 0 Å². The number of carbonyl (C=O) groups is 1. The van der Waals surface area contributed by atoms with Crippen molar-refractivity contribution in [2.24, 2.45) is 0 Å². The van der Waals surface area contributed by atoms with Crippen molar-refractivity contribution >= 4 is 33.6 Å². The van der Waals surface area contributed by atoms with E-state index in [2.05, 4.69) is 21.3 Å². The van der Waals surface area contributed by atoms with Crippen molar-refractivity contribution in [3.8, 4) is 0 Å². The van der Waals surface area contributed by atoms with E-state index < -0.39 is 0 Å². The molecule has 0 amide bonds. The molecule has 1 aromatic rings. The molecule has 0 aliphatic rings. The van der Waals surface area contributed by atoms with Crippen LogP contribution >= 0.6 is 27.3 Å². The van der Waals surface area contributed by atoms with Crippen LogP contribution in [-0.4, -0.2) is 6.29 Å². The molecule has 0 aromatic carbocycles. The Kier molecular flexibility index (Phi) is 3.80. The quantitative estimate of drug-likeness (QED) is 0.577. The van der Waals surface area contributed by atoms with E-state index in [-0.39, 0.29) is 0 Å². The Bertz CT molecular complexity index is 232. The Morgan fingerprint density at radius 1 is 1.64 bits per heavy atom. The number of halogens is 1. The van der Waals surface area contributed by atoms with Crippen LogP contribution in [0.4, 0.5) is 0 Å². The van der Waals surface area contributed by atoms with E-state index >= 15 is 0 Å². The number of aryl methyl sites for hydroxylation is 1. The van der Waals surface area contributed by atoms with Crippen LogP contribution in [0.3, 0.4) is 0 Å². The first-order valence-electron chi connectivity index (χ1n) is 3.50. The molecule has 0 fully saturated rings. The molecule has 0 spiro atoms. The smallest absolute Gasteiger partial charge is 0.120 e. The summed E-state index contributed by atoms with van der Waals surface area (Å²) in [4.78, 5) is 11.3. The van der Waals surface area contributed by atoms with E-state index in [4.69, 9.17) is 0 Å². The van der Waals surface area contributed by atoms with E-state index in [1.165, 1.54) is 9.35 Å². The third-order valence-corrected chi connectivity index (χ3v) is 3.40. The molecular weight excluding hydrogens is 224 g/mol. The fraction of sp³-hybridized carbons (Fsp3) is 0.375. The molecule has 0 bridgehead atoms. The summed E-state index contributed by atoms with van der Waals surface area (Å²) in [7, 11) is 0. The molecule has 0 saturated carbocycles. The maximum Gasteiger partial charge on any atom is 0.120 e. The van der Waals surface area contributed by atoms with Crippen LogP contribution in [0.2, 0.25) is 0 Å². The van der Waals surface area contributed by atoms with Crippen molar-refractivity contribution < 1.29 is 4.79 Å². The predicted octanol–water partition coefficient (Wildman–Crippen LogP) is 3.03. The molecule has 1 heterocycles. The molecule has 60 valence electrons. The Morgan fingerprint density at radius 3 is 3.00 bits per heavy atom. The highest BCUT2D eigenvalue weighted by Gasteiger charge is 1.99. The third-order valence-electron chi connectivity index (χ3n) is 1.42. The van der Waals surface area contributed by atoms with Crippen LogP contribution < -0.4 is 0 Å². The van der Waals surface area contributed by atoms with Crippen molar-refractivity contribution in [3.63, 3.8) is 0 Å². The van der Waals surface area contributed by atoms with E-state index in [0.29, 0.717) is 6.42 Å². The molecule has 0 aliphatic carbocycles. The lowest BCUT2D eigenvalue weighted by atomic mass is 10.2. The second-order valence-electron chi connectivity index (χ2n) is 2.25. The van der Waals surface area contributed by atoms with E-state index in [9.17, 15) is 4.79 Å². The molecule has 0 saturated heterocycles. The van der Waals surface area contributed by atoms with Crippen molar-refractivity contribution in [2.45, 2.75) is 19.3 Å². The van der Waals surface area contributed by atoms with Gasteiger partial charge in [0, 0.05) is 15.8 Å². The molecule has 3 heteroatoms. The molecule has 11 heavy (non-hydrogen) atoms. The minimum atomic E-state index is 0.671.